The number of nitrogens with zero attached hydrogens (tertiary/aromatic N) is 1. The molecular formula is C23H25NO. The third-order valence-corrected chi connectivity index (χ3v) is 5.74. The molecule has 1 fully saturated rings. The van der Waals surface area contributed by atoms with Crippen LogP contribution in [0, 0.1) is 24.7 Å². The van der Waals surface area contributed by atoms with Gasteiger partial charge in [0.1, 0.15) is 0 Å². The lowest BCUT2D eigenvalue weighted by Crippen LogP contribution is -2.30. The van der Waals surface area contributed by atoms with E-state index in [1.165, 1.54) is 16.7 Å². The van der Waals surface area contributed by atoms with Gasteiger partial charge in [-0.3, -0.25) is 4.79 Å². The molecule has 1 saturated heterocycles. The van der Waals surface area contributed by atoms with Crippen LogP contribution in [0.5, 0.6) is 0 Å². The fourth-order valence-corrected chi connectivity index (χ4v) is 4.55. The average molecular weight is 331 g/mol. The molecule has 0 aromatic heterocycles. The summed E-state index contributed by atoms with van der Waals surface area (Å²) in [6, 6.07) is 19.1. The molecule has 1 amide bonds. The van der Waals surface area contributed by atoms with Crippen molar-refractivity contribution in [2.75, 3.05) is 0 Å². The summed E-state index contributed by atoms with van der Waals surface area (Å²) in [4.78, 5) is 15.4. The molecule has 1 aliphatic carbocycles. The summed E-state index contributed by atoms with van der Waals surface area (Å²) in [5, 5.41) is 0. The molecule has 0 radical (unpaired) electrons. The molecule has 1 aliphatic heterocycles. The lowest BCUT2D eigenvalue weighted by Gasteiger charge is -2.29. The minimum atomic E-state index is 0.110. The van der Waals surface area contributed by atoms with Crippen LogP contribution in [0.15, 0.2) is 66.7 Å². The summed E-state index contributed by atoms with van der Waals surface area (Å²) in [7, 11) is 0. The van der Waals surface area contributed by atoms with Gasteiger partial charge in [-0.15, -0.1) is 0 Å². The van der Waals surface area contributed by atoms with Gasteiger partial charge in [-0.25, -0.2) is 0 Å². The Morgan fingerprint density at radius 1 is 1.08 bits per heavy atom. The van der Waals surface area contributed by atoms with Gasteiger partial charge in [0.05, 0.1) is 6.04 Å². The van der Waals surface area contributed by atoms with E-state index in [-0.39, 0.29) is 17.9 Å². The number of hydrogen-bond acceptors (Lipinski definition) is 1. The molecule has 128 valence electrons. The van der Waals surface area contributed by atoms with Gasteiger partial charge < -0.3 is 4.90 Å². The van der Waals surface area contributed by atoms with Crippen LogP contribution in [0.1, 0.15) is 36.1 Å². The third-order valence-electron chi connectivity index (χ3n) is 5.74. The number of fused-ring (bicyclic) bond motifs is 1. The van der Waals surface area contributed by atoms with Crippen LogP contribution in [0.25, 0.3) is 0 Å². The molecule has 2 aliphatic rings. The van der Waals surface area contributed by atoms with Crippen LogP contribution >= 0.6 is 0 Å². The number of hydrogen-bond donors (Lipinski definition) is 0. The second-order valence-electron chi connectivity index (χ2n) is 7.55. The number of benzene rings is 2. The molecule has 2 nitrogen and oxygen atoms in total. The molecule has 0 bridgehead atoms. The van der Waals surface area contributed by atoms with Crippen molar-refractivity contribution in [1.82, 2.24) is 4.90 Å². The number of carbonyl (C=O) groups excluding carboxylic acids is 1. The number of amides is 1. The van der Waals surface area contributed by atoms with Gasteiger partial charge in [0.25, 0.3) is 0 Å². The number of rotatable bonds is 3. The van der Waals surface area contributed by atoms with E-state index in [1.807, 2.05) is 18.2 Å². The van der Waals surface area contributed by atoms with E-state index in [0.717, 1.165) is 6.42 Å². The predicted octanol–water partition coefficient (Wildman–Crippen LogP) is 4.91. The van der Waals surface area contributed by atoms with E-state index in [4.69, 9.17) is 0 Å². The Labute approximate surface area is 150 Å². The smallest absolute Gasteiger partial charge is 0.227 e. The van der Waals surface area contributed by atoms with Crippen molar-refractivity contribution in [3.8, 4) is 0 Å². The molecular weight excluding hydrogens is 306 g/mol. The predicted molar refractivity (Wildman–Crippen MR) is 101 cm³/mol. The van der Waals surface area contributed by atoms with E-state index in [9.17, 15) is 4.79 Å². The van der Waals surface area contributed by atoms with Crippen molar-refractivity contribution in [3.63, 3.8) is 0 Å². The zero-order valence-electron chi connectivity index (χ0n) is 14.9. The molecule has 2 heteroatoms. The molecule has 2 aromatic carbocycles. The molecule has 4 atom stereocenters. The van der Waals surface area contributed by atoms with E-state index in [2.05, 4.69) is 67.3 Å². The summed E-state index contributed by atoms with van der Waals surface area (Å²) in [6.07, 6.45) is 5.57. The summed E-state index contributed by atoms with van der Waals surface area (Å²) < 4.78 is 0. The summed E-state index contributed by atoms with van der Waals surface area (Å²) in [5.41, 5.74) is 3.71. The number of likely N-dealkylation sites (tertiary alicyclic amines) is 1. The first-order valence-electron chi connectivity index (χ1n) is 9.23. The lowest BCUT2D eigenvalue weighted by atomic mass is 9.75. The Balaban J connectivity index is 1.76. The van der Waals surface area contributed by atoms with Gasteiger partial charge in [0.2, 0.25) is 5.91 Å². The second kappa shape index (κ2) is 6.51. The SMILES string of the molecule is Cc1cccc([C@H]2[C@@H]3C=CC[C@H](C)[C@H]3C(=O)N2Cc2ccccc2)c1. The maximum Gasteiger partial charge on any atom is 0.227 e. The van der Waals surface area contributed by atoms with Gasteiger partial charge in [-0.1, -0.05) is 79.2 Å². The summed E-state index contributed by atoms with van der Waals surface area (Å²) >= 11 is 0. The fourth-order valence-electron chi connectivity index (χ4n) is 4.55. The van der Waals surface area contributed by atoms with Crippen LogP contribution in [0.4, 0.5) is 0 Å². The third kappa shape index (κ3) is 2.90. The maximum absolute atomic E-state index is 13.3. The number of carbonyl (C=O) groups is 1. The van der Waals surface area contributed by atoms with Crippen molar-refractivity contribution in [2.45, 2.75) is 32.9 Å². The topological polar surface area (TPSA) is 20.3 Å². The Hall–Kier alpha value is -2.35. The quantitative estimate of drug-likeness (QED) is 0.732. The van der Waals surface area contributed by atoms with Crippen LogP contribution in [-0.2, 0) is 11.3 Å². The zero-order valence-corrected chi connectivity index (χ0v) is 14.9. The van der Waals surface area contributed by atoms with Crippen molar-refractivity contribution < 1.29 is 4.79 Å². The highest BCUT2D eigenvalue weighted by Gasteiger charge is 2.50. The van der Waals surface area contributed by atoms with Gasteiger partial charge in [-0.2, -0.15) is 0 Å². The van der Waals surface area contributed by atoms with E-state index < -0.39 is 0 Å². The molecule has 25 heavy (non-hydrogen) atoms. The largest absolute Gasteiger partial charge is 0.330 e. The first kappa shape index (κ1) is 16.1. The summed E-state index contributed by atoms with van der Waals surface area (Å²) in [6.45, 7) is 5.03. The molecule has 2 aromatic rings. The molecule has 1 heterocycles. The monoisotopic (exact) mass is 331 g/mol. The maximum atomic E-state index is 13.3. The standard InChI is InChI=1S/C23H25NO/c1-16-8-6-12-19(14-16)22-20-13-7-9-17(2)21(20)23(25)24(22)15-18-10-4-3-5-11-18/h3-8,10-14,17,20-22H,9,15H2,1-2H3/t17-,20+,21+,22-/m0/s1. The van der Waals surface area contributed by atoms with Crippen molar-refractivity contribution in [2.24, 2.45) is 17.8 Å². The highest BCUT2D eigenvalue weighted by atomic mass is 16.2. The molecule has 0 N–H and O–H groups in total. The lowest BCUT2D eigenvalue weighted by molar-refractivity contribution is -0.134. The van der Waals surface area contributed by atoms with E-state index in [0.29, 0.717) is 18.4 Å². The van der Waals surface area contributed by atoms with Gasteiger partial charge >= 0.3 is 0 Å². The Morgan fingerprint density at radius 3 is 2.64 bits per heavy atom. The van der Waals surface area contributed by atoms with Gasteiger partial charge in [0, 0.05) is 18.4 Å². The highest BCUT2D eigenvalue weighted by molar-refractivity contribution is 5.83. The Kier molecular flexibility index (Phi) is 4.20. The van der Waals surface area contributed by atoms with Gasteiger partial charge in [-0.05, 0) is 30.4 Å². The molecule has 4 rings (SSSR count). The minimum Gasteiger partial charge on any atom is -0.330 e. The first-order valence-corrected chi connectivity index (χ1v) is 9.23. The van der Waals surface area contributed by atoms with E-state index in [1.54, 1.807) is 0 Å². The van der Waals surface area contributed by atoms with Crippen LogP contribution in [0.3, 0.4) is 0 Å². The minimum absolute atomic E-state index is 0.110. The molecule has 0 unspecified atom stereocenters. The highest BCUT2D eigenvalue weighted by Crippen LogP contribution is 2.48. The zero-order chi connectivity index (χ0) is 17.4. The van der Waals surface area contributed by atoms with E-state index >= 15 is 0 Å². The van der Waals surface area contributed by atoms with Crippen LogP contribution < -0.4 is 0 Å². The molecule has 0 saturated carbocycles. The van der Waals surface area contributed by atoms with Crippen molar-refractivity contribution >= 4 is 5.91 Å². The van der Waals surface area contributed by atoms with Crippen LogP contribution in [-0.4, -0.2) is 10.8 Å². The molecule has 0 spiro atoms. The van der Waals surface area contributed by atoms with Crippen molar-refractivity contribution in [3.05, 3.63) is 83.4 Å². The normalized spacial score (nSPS) is 28.2. The van der Waals surface area contributed by atoms with Crippen LogP contribution in [0.2, 0.25) is 0 Å². The Morgan fingerprint density at radius 2 is 1.88 bits per heavy atom. The number of allylic oxidation sites excluding steroid dienone is 1. The Bertz CT molecular complexity index is 795. The average Bonchev–Trinajstić information content (AvgIpc) is 2.89. The number of aryl methyl sites for hydroxylation is 1. The second-order valence-corrected chi connectivity index (χ2v) is 7.55. The first-order chi connectivity index (χ1) is 12.1. The fraction of sp³-hybridized carbons (Fsp3) is 0.348. The van der Waals surface area contributed by atoms with Crippen molar-refractivity contribution in [1.29, 1.82) is 0 Å². The van der Waals surface area contributed by atoms with Gasteiger partial charge in [0.15, 0.2) is 0 Å². The summed E-state index contributed by atoms with van der Waals surface area (Å²) in [5.74, 6) is 1.12.